The summed E-state index contributed by atoms with van der Waals surface area (Å²) in [6.45, 7) is 4.25. The second kappa shape index (κ2) is 3.62. The normalized spacial score (nSPS) is 21.5. The van der Waals surface area contributed by atoms with E-state index in [4.69, 9.17) is 5.73 Å². The lowest BCUT2D eigenvalue weighted by molar-refractivity contribution is 0.612. The average Bonchev–Trinajstić information content (AvgIpc) is 2.59. The van der Waals surface area contributed by atoms with Crippen LogP contribution >= 0.6 is 0 Å². The van der Waals surface area contributed by atoms with Crippen molar-refractivity contribution in [3.8, 4) is 0 Å². The predicted molar refractivity (Wildman–Crippen MR) is 60.6 cm³/mol. The molecule has 1 aromatic carbocycles. The molecule has 3 N–H and O–H groups in total. The van der Waals surface area contributed by atoms with Crippen LogP contribution in [0, 0.1) is 0 Å². The van der Waals surface area contributed by atoms with Gasteiger partial charge in [0.25, 0.3) is 0 Å². The molecule has 0 spiro atoms. The summed E-state index contributed by atoms with van der Waals surface area (Å²) in [5.41, 5.74) is 9.99. The zero-order valence-electron chi connectivity index (χ0n) is 8.88. The van der Waals surface area contributed by atoms with Crippen LogP contribution in [0.5, 0.6) is 0 Å². The quantitative estimate of drug-likeness (QED) is 0.748. The van der Waals surface area contributed by atoms with E-state index >= 15 is 0 Å². The monoisotopic (exact) mass is 190 g/mol. The number of fused-ring (bicyclic) bond motifs is 1. The van der Waals surface area contributed by atoms with Crippen molar-refractivity contribution in [3.05, 3.63) is 29.3 Å². The van der Waals surface area contributed by atoms with E-state index in [9.17, 15) is 0 Å². The van der Waals surface area contributed by atoms with E-state index in [0.717, 1.165) is 12.8 Å². The first-order valence-electron chi connectivity index (χ1n) is 5.34. The fourth-order valence-electron chi connectivity index (χ4n) is 1.98. The molecule has 1 aliphatic rings. The molecular formula is C12H18N2. The zero-order chi connectivity index (χ0) is 10.1. The van der Waals surface area contributed by atoms with Crippen molar-refractivity contribution in [1.29, 1.82) is 0 Å². The SMILES string of the molecule is CCc1ccc2c(c1)CC(C(C)N)N2. The van der Waals surface area contributed by atoms with Crippen LogP contribution in [0.1, 0.15) is 25.0 Å². The number of aryl methyl sites for hydroxylation is 1. The maximum Gasteiger partial charge on any atom is 0.0450 e. The van der Waals surface area contributed by atoms with Gasteiger partial charge < -0.3 is 11.1 Å². The van der Waals surface area contributed by atoms with Gasteiger partial charge in [-0.2, -0.15) is 0 Å². The van der Waals surface area contributed by atoms with Gasteiger partial charge in [-0.3, -0.25) is 0 Å². The molecule has 0 amide bonds. The molecule has 2 heteroatoms. The highest BCUT2D eigenvalue weighted by molar-refractivity contribution is 5.58. The molecule has 0 fully saturated rings. The lowest BCUT2D eigenvalue weighted by atomic mass is 10.0. The lowest BCUT2D eigenvalue weighted by Gasteiger charge is -2.14. The van der Waals surface area contributed by atoms with Crippen molar-refractivity contribution in [2.24, 2.45) is 5.73 Å². The molecule has 0 aromatic heterocycles. The van der Waals surface area contributed by atoms with Gasteiger partial charge in [0.1, 0.15) is 0 Å². The van der Waals surface area contributed by atoms with Crippen LogP contribution in [0.2, 0.25) is 0 Å². The third-order valence-corrected chi connectivity index (χ3v) is 2.99. The number of rotatable bonds is 2. The van der Waals surface area contributed by atoms with Crippen molar-refractivity contribution >= 4 is 5.69 Å². The van der Waals surface area contributed by atoms with E-state index in [1.54, 1.807) is 0 Å². The smallest absolute Gasteiger partial charge is 0.0450 e. The molecule has 1 aliphatic heterocycles. The molecule has 2 atom stereocenters. The number of benzene rings is 1. The lowest BCUT2D eigenvalue weighted by Crippen LogP contribution is -2.36. The number of hydrogen-bond acceptors (Lipinski definition) is 2. The predicted octanol–water partition coefficient (Wildman–Crippen LogP) is 1.93. The third kappa shape index (κ3) is 1.62. The molecule has 0 radical (unpaired) electrons. The minimum atomic E-state index is 0.215. The van der Waals surface area contributed by atoms with Crippen molar-refractivity contribution < 1.29 is 0 Å². The summed E-state index contributed by atoms with van der Waals surface area (Å²) in [6, 6.07) is 7.29. The average molecular weight is 190 g/mol. The third-order valence-electron chi connectivity index (χ3n) is 2.99. The Morgan fingerprint density at radius 2 is 2.36 bits per heavy atom. The number of nitrogens with one attached hydrogen (secondary N) is 1. The fourth-order valence-corrected chi connectivity index (χ4v) is 1.98. The van der Waals surface area contributed by atoms with E-state index in [1.165, 1.54) is 16.8 Å². The van der Waals surface area contributed by atoms with Gasteiger partial charge in [-0.25, -0.2) is 0 Å². The van der Waals surface area contributed by atoms with Crippen LogP contribution < -0.4 is 11.1 Å². The maximum atomic E-state index is 5.89. The van der Waals surface area contributed by atoms with Crippen LogP contribution in [-0.4, -0.2) is 12.1 Å². The molecule has 2 rings (SSSR count). The van der Waals surface area contributed by atoms with E-state index < -0.39 is 0 Å². The Morgan fingerprint density at radius 3 is 3.00 bits per heavy atom. The minimum Gasteiger partial charge on any atom is -0.380 e. The van der Waals surface area contributed by atoms with Crippen molar-refractivity contribution in [2.45, 2.75) is 38.8 Å². The second-order valence-corrected chi connectivity index (χ2v) is 4.16. The number of nitrogens with two attached hydrogens (primary N) is 1. The molecule has 2 nitrogen and oxygen atoms in total. The van der Waals surface area contributed by atoms with Gasteiger partial charge in [0, 0.05) is 17.8 Å². The second-order valence-electron chi connectivity index (χ2n) is 4.16. The Labute approximate surface area is 85.5 Å². The van der Waals surface area contributed by atoms with Crippen molar-refractivity contribution in [2.75, 3.05) is 5.32 Å². The minimum absolute atomic E-state index is 0.215. The highest BCUT2D eigenvalue weighted by atomic mass is 15.0. The van der Waals surface area contributed by atoms with Crippen molar-refractivity contribution in [1.82, 2.24) is 0 Å². The van der Waals surface area contributed by atoms with E-state index in [0.29, 0.717) is 6.04 Å². The van der Waals surface area contributed by atoms with Crippen molar-refractivity contribution in [3.63, 3.8) is 0 Å². The first kappa shape index (κ1) is 9.53. The Balaban J connectivity index is 2.22. The molecular weight excluding hydrogens is 172 g/mol. The molecule has 1 aromatic rings. The standard InChI is InChI=1S/C12H18N2/c1-3-9-4-5-11-10(6-9)7-12(14-11)8(2)13/h4-6,8,12,14H,3,7,13H2,1-2H3. The Bertz CT molecular complexity index is 331. The zero-order valence-corrected chi connectivity index (χ0v) is 8.88. The van der Waals surface area contributed by atoms with E-state index in [2.05, 4.69) is 37.4 Å². The largest absolute Gasteiger partial charge is 0.380 e. The molecule has 0 saturated heterocycles. The van der Waals surface area contributed by atoms with E-state index in [-0.39, 0.29) is 6.04 Å². The first-order chi connectivity index (χ1) is 6.70. The van der Waals surface area contributed by atoms with Crippen LogP contribution in [-0.2, 0) is 12.8 Å². The van der Waals surface area contributed by atoms with Crippen LogP contribution in [0.25, 0.3) is 0 Å². The van der Waals surface area contributed by atoms with Crippen LogP contribution in [0.4, 0.5) is 5.69 Å². The molecule has 76 valence electrons. The Hall–Kier alpha value is -1.02. The van der Waals surface area contributed by atoms with Gasteiger partial charge in [0.2, 0.25) is 0 Å². The number of anilines is 1. The molecule has 0 bridgehead atoms. The Morgan fingerprint density at radius 1 is 1.57 bits per heavy atom. The number of hydrogen-bond donors (Lipinski definition) is 2. The molecule has 2 unspecified atom stereocenters. The summed E-state index contributed by atoms with van der Waals surface area (Å²) < 4.78 is 0. The summed E-state index contributed by atoms with van der Waals surface area (Å²) >= 11 is 0. The van der Waals surface area contributed by atoms with E-state index in [1.807, 2.05) is 0 Å². The summed E-state index contributed by atoms with van der Waals surface area (Å²) in [6.07, 6.45) is 2.18. The fraction of sp³-hybridized carbons (Fsp3) is 0.500. The molecule has 14 heavy (non-hydrogen) atoms. The van der Waals surface area contributed by atoms with Gasteiger partial charge in [-0.05, 0) is 37.0 Å². The van der Waals surface area contributed by atoms with Gasteiger partial charge in [0.15, 0.2) is 0 Å². The summed E-state index contributed by atoms with van der Waals surface area (Å²) in [5, 5.41) is 3.46. The van der Waals surface area contributed by atoms with Gasteiger partial charge >= 0.3 is 0 Å². The molecule has 1 heterocycles. The summed E-state index contributed by atoms with van der Waals surface area (Å²) in [4.78, 5) is 0. The highest BCUT2D eigenvalue weighted by Gasteiger charge is 2.22. The highest BCUT2D eigenvalue weighted by Crippen LogP contribution is 2.27. The van der Waals surface area contributed by atoms with Crippen LogP contribution in [0.3, 0.4) is 0 Å². The summed E-state index contributed by atoms with van der Waals surface area (Å²) in [7, 11) is 0. The van der Waals surface area contributed by atoms with Crippen LogP contribution in [0.15, 0.2) is 18.2 Å². The van der Waals surface area contributed by atoms with Gasteiger partial charge in [0.05, 0.1) is 0 Å². The Kier molecular flexibility index (Phi) is 2.46. The maximum absolute atomic E-state index is 5.89. The van der Waals surface area contributed by atoms with Gasteiger partial charge in [-0.15, -0.1) is 0 Å². The van der Waals surface area contributed by atoms with Gasteiger partial charge in [-0.1, -0.05) is 19.1 Å². The summed E-state index contributed by atoms with van der Waals surface area (Å²) in [5.74, 6) is 0. The first-order valence-corrected chi connectivity index (χ1v) is 5.34. The molecule has 0 saturated carbocycles. The molecule has 0 aliphatic carbocycles. The topological polar surface area (TPSA) is 38.0 Å².